The Morgan fingerprint density at radius 1 is 0.810 bits per heavy atom. The van der Waals surface area contributed by atoms with Crippen LogP contribution in [-0.2, 0) is 6.54 Å². The second-order valence-corrected chi connectivity index (χ2v) is 11.6. The van der Waals surface area contributed by atoms with Gasteiger partial charge in [0.05, 0.1) is 5.39 Å². The molecule has 0 N–H and O–H groups in total. The van der Waals surface area contributed by atoms with Gasteiger partial charge in [-0.15, -0.1) is 0 Å². The summed E-state index contributed by atoms with van der Waals surface area (Å²) in [5.41, 5.74) is 4.11. The Bertz CT molecular complexity index is 1450. The van der Waals surface area contributed by atoms with Crippen molar-refractivity contribution >= 4 is 39.5 Å². The predicted octanol–water partition coefficient (Wildman–Crippen LogP) is 9.51. The lowest BCUT2D eigenvalue weighted by atomic mass is 10.0. The molecule has 42 heavy (non-hydrogen) atoms. The first-order valence-corrected chi connectivity index (χ1v) is 16.3. The maximum atomic E-state index is 15.6. The van der Waals surface area contributed by atoms with Crippen molar-refractivity contribution in [1.82, 2.24) is 4.90 Å². The topological polar surface area (TPSA) is 10.4 Å². The summed E-state index contributed by atoms with van der Waals surface area (Å²) in [4.78, 5) is 5.01. The molecule has 0 aliphatic carbocycles. The number of aryl methyl sites for hydroxylation is 1. The van der Waals surface area contributed by atoms with Gasteiger partial charge in [0.2, 0.25) is 11.7 Å². The molecule has 1 heterocycles. The predicted molar refractivity (Wildman–Crippen MR) is 181 cm³/mol. The average molecular weight is 569 g/mol. The van der Waals surface area contributed by atoms with E-state index in [9.17, 15) is 0 Å². The van der Waals surface area contributed by atoms with Crippen molar-refractivity contribution in [1.29, 1.82) is 0 Å². The van der Waals surface area contributed by atoms with Crippen molar-refractivity contribution in [2.24, 2.45) is 0 Å². The third-order valence-corrected chi connectivity index (χ3v) is 8.71. The minimum absolute atomic E-state index is 0.175. The number of hydrogen-bond donors (Lipinski definition) is 0. The minimum atomic E-state index is -0.175. The molecule has 4 aromatic rings. The molecule has 3 aromatic carbocycles. The highest BCUT2D eigenvalue weighted by Crippen LogP contribution is 2.26. The van der Waals surface area contributed by atoms with Crippen LogP contribution in [0.1, 0.15) is 84.3 Å². The molecule has 0 fully saturated rings. The zero-order valence-corrected chi connectivity index (χ0v) is 26.6. The Morgan fingerprint density at radius 3 is 2.21 bits per heavy atom. The number of rotatable bonds is 16. The first-order valence-electron chi connectivity index (χ1n) is 16.3. The van der Waals surface area contributed by atoms with Crippen LogP contribution in [0.25, 0.3) is 33.8 Å². The smallest absolute Gasteiger partial charge is 0.213 e. The van der Waals surface area contributed by atoms with Gasteiger partial charge in [0.15, 0.2) is 5.82 Å². The maximum absolute atomic E-state index is 15.6. The van der Waals surface area contributed by atoms with Crippen LogP contribution in [0.15, 0.2) is 66.9 Å². The van der Waals surface area contributed by atoms with Crippen LogP contribution in [0.2, 0.25) is 0 Å². The van der Waals surface area contributed by atoms with E-state index in [1.54, 1.807) is 6.20 Å². The summed E-state index contributed by atoms with van der Waals surface area (Å²) < 4.78 is 17.7. The highest BCUT2D eigenvalue weighted by atomic mass is 19.1. The van der Waals surface area contributed by atoms with Gasteiger partial charge in [0.1, 0.15) is 6.54 Å². The molecule has 0 bridgehead atoms. The van der Waals surface area contributed by atoms with Crippen molar-refractivity contribution in [3.05, 3.63) is 83.8 Å². The number of pyridine rings is 1. The molecule has 0 radical (unpaired) electrons. The van der Waals surface area contributed by atoms with Gasteiger partial charge in [-0.2, -0.15) is 8.96 Å². The highest BCUT2D eigenvalue weighted by Gasteiger charge is 2.18. The average Bonchev–Trinajstić information content (AvgIpc) is 3.01. The highest BCUT2D eigenvalue weighted by molar-refractivity contribution is 5.91. The van der Waals surface area contributed by atoms with Gasteiger partial charge < -0.3 is 9.80 Å². The summed E-state index contributed by atoms with van der Waals surface area (Å²) >= 11 is 0. The molecule has 0 saturated heterocycles. The van der Waals surface area contributed by atoms with E-state index in [0.717, 1.165) is 62.0 Å². The lowest BCUT2D eigenvalue weighted by molar-refractivity contribution is -0.673. The zero-order chi connectivity index (χ0) is 29.9. The number of aromatic nitrogens is 1. The quantitative estimate of drug-likeness (QED) is 0.125. The summed E-state index contributed by atoms with van der Waals surface area (Å²) in [7, 11) is 0. The van der Waals surface area contributed by atoms with Crippen LogP contribution in [0.3, 0.4) is 0 Å². The Kier molecular flexibility index (Phi) is 12.0. The summed E-state index contributed by atoms with van der Waals surface area (Å²) in [5, 5.41) is 3.41. The number of halogens is 1. The van der Waals surface area contributed by atoms with Crippen molar-refractivity contribution in [3.63, 3.8) is 0 Å². The van der Waals surface area contributed by atoms with Gasteiger partial charge in [0.25, 0.3) is 0 Å². The van der Waals surface area contributed by atoms with E-state index in [0.29, 0.717) is 11.6 Å². The van der Waals surface area contributed by atoms with E-state index in [1.807, 2.05) is 30.4 Å². The Hall–Kier alpha value is -3.24. The van der Waals surface area contributed by atoms with E-state index in [4.69, 9.17) is 0 Å². The molecule has 4 rings (SSSR count). The largest absolute Gasteiger partial charge is 0.372 e. The molecular weight excluding hydrogens is 517 g/mol. The van der Waals surface area contributed by atoms with E-state index >= 15 is 4.39 Å². The number of benzene rings is 3. The van der Waals surface area contributed by atoms with Gasteiger partial charge in [-0.25, -0.2) is 0 Å². The third kappa shape index (κ3) is 7.98. The monoisotopic (exact) mass is 568 g/mol. The number of anilines is 1. The number of para-hydroxylation sites is 1. The molecule has 0 aliphatic heterocycles. The van der Waals surface area contributed by atoms with E-state index in [-0.39, 0.29) is 5.82 Å². The fraction of sp³-hybridized carbons (Fsp3) is 0.447. The van der Waals surface area contributed by atoms with Gasteiger partial charge in [-0.1, -0.05) is 83.0 Å². The van der Waals surface area contributed by atoms with Crippen LogP contribution < -0.4 is 9.47 Å². The minimum Gasteiger partial charge on any atom is -0.372 e. The molecule has 1 atom stereocenters. The lowest BCUT2D eigenvalue weighted by Crippen LogP contribution is -2.37. The standard InChI is InChI=1S/C38H51FN3/c1-6-10-24-41(25-11-7-2)34-22-21-32-27-31(18-20-33(32)28-34)19-23-35-36-16-12-13-17-38(36)42(29-37(35)39)26-14-15-30(5)40(8-3)9-4/h12-13,16-23,27-30H,6-11,14-15,24-26H2,1-5H3/q+1. The van der Waals surface area contributed by atoms with Crippen molar-refractivity contribution < 1.29 is 8.96 Å². The second-order valence-electron chi connectivity index (χ2n) is 11.6. The fourth-order valence-electron chi connectivity index (χ4n) is 6.10. The van der Waals surface area contributed by atoms with Gasteiger partial charge in [-0.3, -0.25) is 0 Å². The van der Waals surface area contributed by atoms with Crippen LogP contribution in [0.5, 0.6) is 0 Å². The van der Waals surface area contributed by atoms with Gasteiger partial charge in [-0.05, 0) is 79.9 Å². The Balaban J connectivity index is 1.54. The molecule has 0 saturated carbocycles. The lowest BCUT2D eigenvalue weighted by Gasteiger charge is -2.25. The maximum Gasteiger partial charge on any atom is 0.213 e. The SMILES string of the molecule is CCCCN(CCCC)c1ccc2cc(/C=C/c3c(F)c[n+](CCCC(C)N(CC)CC)c4ccccc34)ccc2c1. The van der Waals surface area contributed by atoms with Crippen molar-refractivity contribution in [2.45, 2.75) is 85.7 Å². The first-order chi connectivity index (χ1) is 20.5. The first kappa shape index (κ1) is 31.7. The molecule has 3 nitrogen and oxygen atoms in total. The van der Waals surface area contributed by atoms with Gasteiger partial charge >= 0.3 is 0 Å². The van der Waals surface area contributed by atoms with Gasteiger partial charge in [0, 0.05) is 42.9 Å². The molecule has 0 aliphatic rings. The van der Waals surface area contributed by atoms with Crippen LogP contribution in [-0.4, -0.2) is 37.1 Å². The molecular formula is C38H51FN3+. The van der Waals surface area contributed by atoms with Crippen molar-refractivity contribution in [2.75, 3.05) is 31.1 Å². The summed E-state index contributed by atoms with van der Waals surface area (Å²) in [6, 6.07) is 22.1. The molecule has 4 heteroatoms. The normalized spacial score (nSPS) is 12.6. The third-order valence-electron chi connectivity index (χ3n) is 8.71. The van der Waals surface area contributed by atoms with E-state index in [1.165, 1.54) is 42.1 Å². The molecule has 1 aromatic heterocycles. The van der Waals surface area contributed by atoms with Crippen LogP contribution in [0.4, 0.5) is 10.1 Å². The summed E-state index contributed by atoms with van der Waals surface area (Å²) in [6.07, 6.45) is 12.6. The number of nitrogens with zero attached hydrogens (tertiary/aromatic N) is 3. The Morgan fingerprint density at radius 2 is 1.50 bits per heavy atom. The zero-order valence-electron chi connectivity index (χ0n) is 26.6. The molecule has 1 unspecified atom stereocenters. The van der Waals surface area contributed by atoms with Crippen LogP contribution >= 0.6 is 0 Å². The fourth-order valence-corrected chi connectivity index (χ4v) is 6.10. The van der Waals surface area contributed by atoms with Crippen LogP contribution in [0, 0.1) is 5.82 Å². The van der Waals surface area contributed by atoms with E-state index < -0.39 is 0 Å². The number of hydrogen-bond acceptors (Lipinski definition) is 2. The Labute approximate surface area is 253 Å². The number of unbranched alkanes of at least 4 members (excludes halogenated alkanes) is 2. The number of fused-ring (bicyclic) bond motifs is 2. The molecule has 224 valence electrons. The summed E-state index contributed by atoms with van der Waals surface area (Å²) in [5.74, 6) is -0.175. The molecule has 0 spiro atoms. The summed E-state index contributed by atoms with van der Waals surface area (Å²) in [6.45, 7) is 16.4. The second kappa shape index (κ2) is 15.8. The van der Waals surface area contributed by atoms with Crippen molar-refractivity contribution in [3.8, 4) is 0 Å². The van der Waals surface area contributed by atoms with E-state index in [2.05, 4.69) is 91.5 Å². The molecule has 0 amide bonds.